The van der Waals surface area contributed by atoms with E-state index in [0.717, 1.165) is 15.3 Å². The van der Waals surface area contributed by atoms with Crippen molar-refractivity contribution in [1.82, 2.24) is 9.55 Å². The third-order valence-corrected chi connectivity index (χ3v) is 4.24. The molecule has 4 aromatic rings. The molecule has 0 spiro atoms. The van der Waals surface area contributed by atoms with Crippen molar-refractivity contribution in [3.05, 3.63) is 72.6 Å². The van der Waals surface area contributed by atoms with Crippen molar-refractivity contribution in [2.75, 3.05) is 5.32 Å². The van der Waals surface area contributed by atoms with Crippen LogP contribution in [0.1, 0.15) is 5.82 Å². The number of amides is 1. The van der Waals surface area contributed by atoms with E-state index in [1.54, 1.807) is 24.3 Å². The maximum Gasteiger partial charge on any atom is 0.449 e. The summed E-state index contributed by atoms with van der Waals surface area (Å²) >= 11 is 0. The molecule has 7 heteroatoms. The molecule has 1 amide bonds. The Labute approximate surface area is 152 Å². The predicted molar refractivity (Wildman–Crippen MR) is 97.3 cm³/mol. The van der Waals surface area contributed by atoms with Crippen LogP contribution in [0.5, 0.6) is 0 Å². The molecule has 0 radical (unpaired) electrons. The van der Waals surface area contributed by atoms with Gasteiger partial charge in [-0.2, -0.15) is 13.2 Å². The molecule has 0 unspecified atom stereocenters. The van der Waals surface area contributed by atoms with Gasteiger partial charge in [0.15, 0.2) is 0 Å². The van der Waals surface area contributed by atoms with Gasteiger partial charge in [-0.25, -0.2) is 4.98 Å². The number of aromatic nitrogens is 2. The highest BCUT2D eigenvalue weighted by atomic mass is 19.4. The van der Waals surface area contributed by atoms with Crippen LogP contribution in [0.15, 0.2) is 66.7 Å². The third-order valence-electron chi connectivity index (χ3n) is 4.24. The van der Waals surface area contributed by atoms with Gasteiger partial charge in [0, 0.05) is 5.69 Å². The minimum Gasteiger partial charge on any atom is -0.325 e. The summed E-state index contributed by atoms with van der Waals surface area (Å²) in [7, 11) is 0. The molecule has 0 aliphatic carbocycles. The fraction of sp³-hybridized carbons (Fsp3) is 0.100. The smallest absolute Gasteiger partial charge is 0.325 e. The quantitative estimate of drug-likeness (QED) is 0.561. The van der Waals surface area contributed by atoms with Crippen LogP contribution in [0.2, 0.25) is 0 Å². The number of imidazole rings is 1. The molecular formula is C20H14F3N3O. The van der Waals surface area contributed by atoms with Gasteiger partial charge in [-0.3, -0.25) is 4.79 Å². The first-order chi connectivity index (χ1) is 12.9. The average Bonchev–Trinajstić information content (AvgIpc) is 3.00. The van der Waals surface area contributed by atoms with Crippen LogP contribution in [-0.4, -0.2) is 15.5 Å². The van der Waals surface area contributed by atoms with Crippen LogP contribution < -0.4 is 5.32 Å². The van der Waals surface area contributed by atoms with Crippen LogP contribution in [0, 0.1) is 0 Å². The molecule has 27 heavy (non-hydrogen) atoms. The van der Waals surface area contributed by atoms with Crippen molar-refractivity contribution >= 4 is 33.4 Å². The average molecular weight is 369 g/mol. The molecule has 0 atom stereocenters. The molecule has 0 saturated heterocycles. The first kappa shape index (κ1) is 17.1. The first-order valence-corrected chi connectivity index (χ1v) is 8.23. The number of anilines is 1. The molecule has 3 aromatic carbocycles. The zero-order valence-corrected chi connectivity index (χ0v) is 14.0. The molecule has 0 aliphatic heterocycles. The van der Waals surface area contributed by atoms with Gasteiger partial charge < -0.3 is 9.88 Å². The van der Waals surface area contributed by atoms with E-state index in [1.807, 2.05) is 30.3 Å². The molecule has 1 heterocycles. The largest absolute Gasteiger partial charge is 0.449 e. The van der Waals surface area contributed by atoms with Crippen LogP contribution in [0.25, 0.3) is 21.8 Å². The zero-order valence-electron chi connectivity index (χ0n) is 14.0. The van der Waals surface area contributed by atoms with E-state index >= 15 is 0 Å². The molecule has 0 bridgehead atoms. The molecular weight excluding hydrogens is 355 g/mol. The lowest BCUT2D eigenvalue weighted by atomic mass is 10.1. The number of fused-ring (bicyclic) bond motifs is 2. The highest BCUT2D eigenvalue weighted by Gasteiger charge is 2.37. The minimum atomic E-state index is -4.65. The van der Waals surface area contributed by atoms with Crippen molar-refractivity contribution in [2.45, 2.75) is 12.7 Å². The van der Waals surface area contributed by atoms with Crippen molar-refractivity contribution in [3.63, 3.8) is 0 Å². The summed E-state index contributed by atoms with van der Waals surface area (Å²) in [6.07, 6.45) is -4.65. The number of para-hydroxylation sites is 2. The maximum atomic E-state index is 13.3. The van der Waals surface area contributed by atoms with Gasteiger partial charge in [0.1, 0.15) is 6.54 Å². The van der Waals surface area contributed by atoms with Gasteiger partial charge in [-0.1, -0.05) is 42.5 Å². The first-order valence-electron chi connectivity index (χ1n) is 8.23. The SMILES string of the molecule is O=C(Cn1c(C(F)(F)F)nc2ccccc21)Nc1ccc2ccccc2c1. The highest BCUT2D eigenvalue weighted by molar-refractivity contribution is 5.95. The molecule has 4 rings (SSSR count). The van der Waals surface area contributed by atoms with E-state index < -0.39 is 24.5 Å². The van der Waals surface area contributed by atoms with Crippen molar-refractivity contribution in [1.29, 1.82) is 0 Å². The Morgan fingerprint density at radius 2 is 1.67 bits per heavy atom. The maximum absolute atomic E-state index is 13.3. The fourth-order valence-corrected chi connectivity index (χ4v) is 3.06. The Hall–Kier alpha value is -3.35. The van der Waals surface area contributed by atoms with Gasteiger partial charge in [-0.05, 0) is 35.0 Å². The lowest BCUT2D eigenvalue weighted by Gasteiger charge is -2.12. The van der Waals surface area contributed by atoms with Crippen LogP contribution in [0.4, 0.5) is 18.9 Å². The summed E-state index contributed by atoms with van der Waals surface area (Å²) in [6, 6.07) is 19.2. The number of benzene rings is 3. The fourth-order valence-electron chi connectivity index (χ4n) is 3.06. The number of carbonyl (C=O) groups is 1. The van der Waals surface area contributed by atoms with Gasteiger partial charge in [0.2, 0.25) is 11.7 Å². The van der Waals surface area contributed by atoms with Crippen LogP contribution in [0.3, 0.4) is 0 Å². The minimum absolute atomic E-state index is 0.198. The molecule has 136 valence electrons. The molecule has 0 aliphatic rings. The van der Waals surface area contributed by atoms with E-state index in [0.29, 0.717) is 5.69 Å². The third kappa shape index (κ3) is 3.36. The highest BCUT2D eigenvalue weighted by Crippen LogP contribution is 2.31. The van der Waals surface area contributed by atoms with Gasteiger partial charge in [0.05, 0.1) is 11.0 Å². The number of hydrogen-bond acceptors (Lipinski definition) is 2. The number of nitrogens with one attached hydrogen (secondary N) is 1. The Balaban J connectivity index is 1.64. The Morgan fingerprint density at radius 1 is 0.963 bits per heavy atom. The molecule has 1 N–H and O–H groups in total. The van der Waals surface area contributed by atoms with Gasteiger partial charge in [-0.15, -0.1) is 0 Å². The number of nitrogens with zero attached hydrogens (tertiary/aromatic N) is 2. The molecule has 1 aromatic heterocycles. The summed E-state index contributed by atoms with van der Waals surface area (Å²) in [6.45, 7) is -0.484. The Bertz CT molecular complexity index is 1150. The number of rotatable bonds is 3. The van der Waals surface area contributed by atoms with Crippen molar-refractivity contribution < 1.29 is 18.0 Å². The number of hydrogen-bond donors (Lipinski definition) is 1. The number of alkyl halides is 3. The Kier molecular flexibility index (Phi) is 4.07. The Morgan fingerprint density at radius 3 is 2.44 bits per heavy atom. The monoisotopic (exact) mass is 369 g/mol. The summed E-state index contributed by atoms with van der Waals surface area (Å²) in [5.41, 5.74) is 0.985. The van der Waals surface area contributed by atoms with E-state index in [1.165, 1.54) is 12.1 Å². The summed E-state index contributed by atoms with van der Waals surface area (Å²) in [5.74, 6) is -1.64. The molecule has 0 fully saturated rings. The van der Waals surface area contributed by atoms with Crippen LogP contribution >= 0.6 is 0 Å². The summed E-state index contributed by atoms with van der Waals surface area (Å²) in [4.78, 5) is 16.1. The summed E-state index contributed by atoms with van der Waals surface area (Å²) in [5, 5.41) is 4.60. The lowest BCUT2D eigenvalue weighted by molar-refractivity contribution is -0.147. The molecule has 0 saturated carbocycles. The number of halogens is 3. The summed E-state index contributed by atoms with van der Waals surface area (Å²) < 4.78 is 40.9. The van der Waals surface area contributed by atoms with E-state index in [9.17, 15) is 18.0 Å². The van der Waals surface area contributed by atoms with E-state index in [2.05, 4.69) is 10.3 Å². The second kappa shape index (κ2) is 6.42. The lowest BCUT2D eigenvalue weighted by Crippen LogP contribution is -2.23. The van der Waals surface area contributed by atoms with Crippen molar-refractivity contribution in [3.8, 4) is 0 Å². The zero-order chi connectivity index (χ0) is 19.0. The second-order valence-electron chi connectivity index (χ2n) is 6.12. The topological polar surface area (TPSA) is 46.9 Å². The van der Waals surface area contributed by atoms with E-state index in [4.69, 9.17) is 0 Å². The standard InChI is InChI=1S/C20H14F3N3O/c21-20(22,23)19-25-16-7-3-4-8-17(16)26(19)12-18(27)24-15-10-9-13-5-1-2-6-14(13)11-15/h1-11H,12H2,(H,24,27). The van der Waals surface area contributed by atoms with Crippen LogP contribution in [-0.2, 0) is 17.5 Å². The number of carbonyl (C=O) groups excluding carboxylic acids is 1. The second-order valence-corrected chi connectivity index (χ2v) is 6.12. The normalized spacial score (nSPS) is 11.8. The predicted octanol–water partition coefficient (Wildman–Crippen LogP) is 4.85. The molecule has 4 nitrogen and oxygen atoms in total. The van der Waals surface area contributed by atoms with Gasteiger partial charge >= 0.3 is 6.18 Å². The van der Waals surface area contributed by atoms with E-state index in [-0.39, 0.29) is 11.0 Å². The van der Waals surface area contributed by atoms with Crippen molar-refractivity contribution in [2.24, 2.45) is 0 Å². The van der Waals surface area contributed by atoms with Gasteiger partial charge in [0.25, 0.3) is 0 Å².